The molecule has 2 aromatic rings. The number of oxime groups is 2. The van der Waals surface area contributed by atoms with E-state index in [-0.39, 0.29) is 0 Å². The standard InChI is InChI=1S/C27H38N2O4/c1-3-5-7-20-32-24-16-12-22(13-17-24)26(28-30)10-9-11-27(29-31)23-14-18-25(19-15-23)33-21-8-6-4-2/h12-19,30-31H,3-11,20-21H2,1-2H3/b28-26-,29-27+. The van der Waals surface area contributed by atoms with E-state index in [2.05, 4.69) is 24.2 Å². The molecule has 2 rings (SSSR count). The molecule has 0 aliphatic carbocycles. The van der Waals surface area contributed by atoms with Gasteiger partial charge in [0.25, 0.3) is 0 Å². The van der Waals surface area contributed by atoms with Gasteiger partial charge in [-0.1, -0.05) is 49.8 Å². The van der Waals surface area contributed by atoms with Gasteiger partial charge in [0.05, 0.1) is 24.6 Å². The first-order chi connectivity index (χ1) is 16.2. The van der Waals surface area contributed by atoms with Gasteiger partial charge in [-0.15, -0.1) is 0 Å². The average Bonchev–Trinajstić information content (AvgIpc) is 2.86. The lowest BCUT2D eigenvalue weighted by molar-refractivity contribution is 0.306. The fraction of sp³-hybridized carbons (Fsp3) is 0.481. The summed E-state index contributed by atoms with van der Waals surface area (Å²) >= 11 is 0. The minimum atomic E-state index is 0.560. The van der Waals surface area contributed by atoms with Crippen LogP contribution in [0, 0.1) is 0 Å². The molecular formula is C27H38N2O4. The Bertz CT molecular complexity index is 774. The summed E-state index contributed by atoms with van der Waals surface area (Å²) in [4.78, 5) is 0. The topological polar surface area (TPSA) is 83.6 Å². The second-order valence-corrected chi connectivity index (χ2v) is 8.11. The van der Waals surface area contributed by atoms with Crippen LogP contribution in [-0.2, 0) is 0 Å². The summed E-state index contributed by atoms with van der Waals surface area (Å²) < 4.78 is 11.5. The third kappa shape index (κ3) is 9.56. The Morgan fingerprint density at radius 1 is 0.606 bits per heavy atom. The fourth-order valence-electron chi connectivity index (χ4n) is 3.50. The zero-order valence-electron chi connectivity index (χ0n) is 20.0. The fourth-order valence-corrected chi connectivity index (χ4v) is 3.50. The summed E-state index contributed by atoms with van der Waals surface area (Å²) in [5, 5.41) is 25.9. The van der Waals surface area contributed by atoms with Crippen molar-refractivity contribution < 1.29 is 19.9 Å². The molecule has 0 aliphatic rings. The van der Waals surface area contributed by atoms with Crippen LogP contribution in [0.5, 0.6) is 11.5 Å². The molecule has 0 atom stereocenters. The van der Waals surface area contributed by atoms with Crippen LogP contribution in [0.1, 0.15) is 82.8 Å². The average molecular weight is 455 g/mol. The lowest BCUT2D eigenvalue weighted by Gasteiger charge is -2.10. The van der Waals surface area contributed by atoms with Crippen LogP contribution in [0.4, 0.5) is 0 Å². The third-order valence-electron chi connectivity index (χ3n) is 5.48. The zero-order chi connectivity index (χ0) is 23.7. The van der Waals surface area contributed by atoms with Crippen molar-refractivity contribution in [2.75, 3.05) is 13.2 Å². The smallest absolute Gasteiger partial charge is 0.119 e. The molecule has 2 aromatic carbocycles. The first kappa shape index (κ1) is 26.2. The molecule has 33 heavy (non-hydrogen) atoms. The Kier molecular flexibility index (Phi) is 12.5. The van der Waals surface area contributed by atoms with E-state index in [0.29, 0.717) is 43.9 Å². The highest BCUT2D eigenvalue weighted by Crippen LogP contribution is 2.18. The second kappa shape index (κ2) is 15.7. The summed E-state index contributed by atoms with van der Waals surface area (Å²) in [5.41, 5.74) is 2.90. The van der Waals surface area contributed by atoms with E-state index in [1.807, 2.05) is 48.5 Å². The summed E-state index contributed by atoms with van der Waals surface area (Å²) in [6.07, 6.45) is 8.56. The van der Waals surface area contributed by atoms with Crippen molar-refractivity contribution in [3.05, 3.63) is 59.7 Å². The molecule has 0 amide bonds. The van der Waals surface area contributed by atoms with Crippen molar-refractivity contribution in [1.82, 2.24) is 0 Å². The molecule has 0 saturated heterocycles. The molecule has 0 aromatic heterocycles. The van der Waals surface area contributed by atoms with Crippen LogP contribution in [0.2, 0.25) is 0 Å². The van der Waals surface area contributed by atoms with Crippen LogP contribution in [-0.4, -0.2) is 35.1 Å². The van der Waals surface area contributed by atoms with E-state index in [9.17, 15) is 10.4 Å². The van der Waals surface area contributed by atoms with E-state index in [0.717, 1.165) is 48.3 Å². The third-order valence-corrected chi connectivity index (χ3v) is 5.48. The number of unbranched alkanes of at least 4 members (excludes halogenated alkanes) is 4. The Labute approximate surface area is 197 Å². The molecule has 6 heteroatoms. The van der Waals surface area contributed by atoms with Gasteiger partial charge in [-0.2, -0.15) is 0 Å². The van der Waals surface area contributed by atoms with Crippen molar-refractivity contribution in [1.29, 1.82) is 0 Å². The van der Waals surface area contributed by atoms with Gasteiger partial charge in [-0.3, -0.25) is 0 Å². The Morgan fingerprint density at radius 2 is 1.00 bits per heavy atom. The van der Waals surface area contributed by atoms with Crippen molar-refractivity contribution in [2.45, 2.75) is 71.6 Å². The highest BCUT2D eigenvalue weighted by Gasteiger charge is 2.09. The molecule has 6 nitrogen and oxygen atoms in total. The highest BCUT2D eigenvalue weighted by molar-refractivity contribution is 6.02. The molecule has 0 radical (unpaired) electrons. The summed E-state index contributed by atoms with van der Waals surface area (Å²) in [5.74, 6) is 1.64. The van der Waals surface area contributed by atoms with E-state index in [1.54, 1.807) is 0 Å². The van der Waals surface area contributed by atoms with Gasteiger partial charge >= 0.3 is 0 Å². The number of hydrogen-bond acceptors (Lipinski definition) is 6. The van der Waals surface area contributed by atoms with Gasteiger partial charge in [-0.25, -0.2) is 0 Å². The lowest BCUT2D eigenvalue weighted by Crippen LogP contribution is -2.06. The number of nitrogens with zero attached hydrogens (tertiary/aromatic N) is 2. The van der Waals surface area contributed by atoms with Crippen LogP contribution in [0.15, 0.2) is 58.8 Å². The maximum atomic E-state index is 9.49. The predicted molar refractivity (Wildman–Crippen MR) is 133 cm³/mol. The number of benzene rings is 2. The van der Waals surface area contributed by atoms with E-state index < -0.39 is 0 Å². The molecule has 0 saturated carbocycles. The van der Waals surface area contributed by atoms with E-state index in [4.69, 9.17) is 9.47 Å². The maximum Gasteiger partial charge on any atom is 0.119 e. The normalized spacial score (nSPS) is 12.1. The molecule has 0 unspecified atom stereocenters. The Morgan fingerprint density at radius 3 is 1.33 bits per heavy atom. The maximum absolute atomic E-state index is 9.49. The van der Waals surface area contributed by atoms with Gasteiger partial charge < -0.3 is 19.9 Å². The molecule has 2 N–H and O–H groups in total. The lowest BCUT2D eigenvalue weighted by atomic mass is 10.0. The van der Waals surface area contributed by atoms with Gasteiger partial charge in [0.2, 0.25) is 0 Å². The van der Waals surface area contributed by atoms with Crippen LogP contribution in [0.3, 0.4) is 0 Å². The summed E-state index contributed by atoms with van der Waals surface area (Å²) in [6, 6.07) is 15.2. The minimum absolute atomic E-state index is 0.560. The number of ether oxygens (including phenoxy) is 2. The summed E-state index contributed by atoms with van der Waals surface area (Å²) in [6.45, 7) is 5.76. The van der Waals surface area contributed by atoms with Gasteiger partial charge in [0.15, 0.2) is 0 Å². The van der Waals surface area contributed by atoms with Crippen LogP contribution in [0.25, 0.3) is 0 Å². The molecule has 0 bridgehead atoms. The molecule has 0 fully saturated rings. The van der Waals surface area contributed by atoms with E-state index in [1.165, 1.54) is 12.8 Å². The number of hydrogen-bond donors (Lipinski definition) is 2. The minimum Gasteiger partial charge on any atom is -0.494 e. The van der Waals surface area contributed by atoms with Crippen LogP contribution >= 0.6 is 0 Å². The Balaban J connectivity index is 1.82. The first-order valence-electron chi connectivity index (χ1n) is 12.1. The van der Waals surface area contributed by atoms with Crippen molar-refractivity contribution in [3.63, 3.8) is 0 Å². The molecule has 0 spiro atoms. The van der Waals surface area contributed by atoms with Crippen LogP contribution < -0.4 is 9.47 Å². The first-order valence-corrected chi connectivity index (χ1v) is 12.1. The van der Waals surface area contributed by atoms with Crippen molar-refractivity contribution >= 4 is 11.4 Å². The van der Waals surface area contributed by atoms with Crippen molar-refractivity contribution in [2.24, 2.45) is 10.3 Å². The van der Waals surface area contributed by atoms with E-state index >= 15 is 0 Å². The highest BCUT2D eigenvalue weighted by atomic mass is 16.5. The quantitative estimate of drug-likeness (QED) is 0.123. The monoisotopic (exact) mass is 454 g/mol. The van der Waals surface area contributed by atoms with Gasteiger partial charge in [-0.05, 0) is 91.8 Å². The molecule has 180 valence electrons. The Hall–Kier alpha value is -3.02. The van der Waals surface area contributed by atoms with Gasteiger partial charge in [0.1, 0.15) is 11.5 Å². The van der Waals surface area contributed by atoms with Crippen molar-refractivity contribution in [3.8, 4) is 11.5 Å². The SMILES string of the molecule is CCCCCOc1ccc(/C(CCC/C(=N\O)c2ccc(OCCCCC)cc2)=N\O)cc1. The molecular weight excluding hydrogens is 416 g/mol. The summed E-state index contributed by atoms with van der Waals surface area (Å²) in [7, 11) is 0. The second-order valence-electron chi connectivity index (χ2n) is 8.11. The van der Waals surface area contributed by atoms with Gasteiger partial charge in [0, 0.05) is 0 Å². The molecule has 0 aliphatic heterocycles. The zero-order valence-corrected chi connectivity index (χ0v) is 20.0. The number of rotatable bonds is 16. The predicted octanol–water partition coefficient (Wildman–Crippen LogP) is 7.05. The largest absolute Gasteiger partial charge is 0.494 e. The molecule has 0 heterocycles.